The second-order valence-corrected chi connectivity index (χ2v) is 5.22. The number of nitrogens with one attached hydrogen (secondary N) is 1. The van der Waals surface area contributed by atoms with E-state index in [1.54, 1.807) is 6.92 Å². The molecule has 1 aromatic rings. The molecular formula is C9H12N2O5S. The number of anilines is 1. The molecule has 0 saturated carbocycles. The number of nitrogens with zero attached hydrogens (tertiary/aromatic N) is 1. The molecule has 1 aromatic carbocycles. The fourth-order valence-electron chi connectivity index (χ4n) is 1.32. The first-order valence-electron chi connectivity index (χ1n) is 4.55. The average Bonchev–Trinajstić information content (AvgIpc) is 2.18. The van der Waals surface area contributed by atoms with E-state index in [-0.39, 0.29) is 17.1 Å². The first kappa shape index (κ1) is 13.2. The van der Waals surface area contributed by atoms with Gasteiger partial charge in [-0.3, -0.25) is 14.8 Å². The summed E-state index contributed by atoms with van der Waals surface area (Å²) in [5.74, 6) is 0.113. The monoisotopic (exact) mass is 260 g/mol. The minimum Gasteiger partial charge on any atom is -0.494 e. The molecule has 0 aromatic heterocycles. The van der Waals surface area contributed by atoms with Gasteiger partial charge in [-0.15, -0.1) is 0 Å². The van der Waals surface area contributed by atoms with Crippen molar-refractivity contribution in [3.8, 4) is 5.75 Å². The second kappa shape index (κ2) is 4.58. The van der Waals surface area contributed by atoms with Crippen molar-refractivity contribution in [2.24, 2.45) is 0 Å². The summed E-state index contributed by atoms with van der Waals surface area (Å²) < 4.78 is 29.5. The van der Waals surface area contributed by atoms with Crippen LogP contribution in [0.5, 0.6) is 5.75 Å². The normalized spacial score (nSPS) is 11.0. The van der Waals surface area contributed by atoms with Crippen LogP contribution in [0, 0.1) is 17.0 Å². The Bertz CT molecular complexity index is 553. The molecule has 0 aliphatic carbocycles. The van der Waals surface area contributed by atoms with Gasteiger partial charge in [-0.25, -0.2) is 8.42 Å². The van der Waals surface area contributed by atoms with E-state index in [2.05, 4.69) is 4.72 Å². The molecule has 0 aliphatic rings. The van der Waals surface area contributed by atoms with Gasteiger partial charge in [0.15, 0.2) is 0 Å². The largest absolute Gasteiger partial charge is 0.494 e. The highest BCUT2D eigenvalue weighted by molar-refractivity contribution is 7.92. The van der Waals surface area contributed by atoms with Crippen molar-refractivity contribution in [3.63, 3.8) is 0 Å². The maximum Gasteiger partial charge on any atom is 0.273 e. The number of methoxy groups -OCH3 is 1. The molecule has 0 amide bonds. The zero-order chi connectivity index (χ0) is 13.2. The Kier molecular flexibility index (Phi) is 3.56. The molecule has 0 bridgehead atoms. The SMILES string of the molecule is COc1cc([N+](=O)[O-])cc(C)c1NS(C)(=O)=O. The number of hydrogen-bond acceptors (Lipinski definition) is 5. The first-order chi connectivity index (χ1) is 7.74. The summed E-state index contributed by atoms with van der Waals surface area (Å²) in [6.45, 7) is 1.56. The molecule has 1 N–H and O–H groups in total. The summed E-state index contributed by atoms with van der Waals surface area (Å²) in [4.78, 5) is 10.1. The summed E-state index contributed by atoms with van der Waals surface area (Å²) in [6, 6.07) is 2.44. The Morgan fingerprint density at radius 1 is 1.41 bits per heavy atom. The van der Waals surface area contributed by atoms with Crippen LogP contribution < -0.4 is 9.46 Å². The second-order valence-electron chi connectivity index (χ2n) is 3.47. The van der Waals surface area contributed by atoms with Crippen LogP contribution in [0.3, 0.4) is 0 Å². The van der Waals surface area contributed by atoms with E-state index in [9.17, 15) is 18.5 Å². The third-order valence-electron chi connectivity index (χ3n) is 2.00. The van der Waals surface area contributed by atoms with E-state index in [0.717, 1.165) is 6.26 Å². The zero-order valence-corrected chi connectivity index (χ0v) is 10.4. The van der Waals surface area contributed by atoms with Crippen LogP contribution in [0.25, 0.3) is 0 Å². The summed E-state index contributed by atoms with van der Waals surface area (Å²) in [5, 5.41) is 10.6. The van der Waals surface area contributed by atoms with E-state index < -0.39 is 14.9 Å². The van der Waals surface area contributed by atoms with Crippen molar-refractivity contribution in [3.05, 3.63) is 27.8 Å². The van der Waals surface area contributed by atoms with Crippen LogP contribution in [-0.4, -0.2) is 26.7 Å². The smallest absolute Gasteiger partial charge is 0.273 e. The molecule has 8 heteroatoms. The molecule has 0 radical (unpaired) electrons. The number of ether oxygens (including phenoxy) is 1. The standard InChI is InChI=1S/C9H12N2O5S/c1-6-4-7(11(12)13)5-8(16-2)9(6)10-17(3,14)15/h4-5,10H,1-3H3. The van der Waals surface area contributed by atoms with Crippen molar-refractivity contribution >= 4 is 21.4 Å². The third-order valence-corrected chi connectivity index (χ3v) is 2.58. The molecular weight excluding hydrogens is 248 g/mol. The van der Waals surface area contributed by atoms with Crippen molar-refractivity contribution in [2.75, 3.05) is 18.1 Å². The highest BCUT2D eigenvalue weighted by atomic mass is 32.2. The Labute approximate surface area is 98.6 Å². The molecule has 0 fully saturated rings. The number of benzene rings is 1. The van der Waals surface area contributed by atoms with Gasteiger partial charge in [-0.1, -0.05) is 0 Å². The van der Waals surface area contributed by atoms with Crippen LogP contribution in [0.1, 0.15) is 5.56 Å². The van der Waals surface area contributed by atoms with Crippen LogP contribution in [0.15, 0.2) is 12.1 Å². The van der Waals surface area contributed by atoms with E-state index in [0.29, 0.717) is 5.56 Å². The fourth-order valence-corrected chi connectivity index (χ4v) is 1.95. The van der Waals surface area contributed by atoms with Gasteiger partial charge in [0, 0.05) is 6.07 Å². The van der Waals surface area contributed by atoms with Gasteiger partial charge >= 0.3 is 0 Å². The Balaban J connectivity index is 3.36. The molecule has 17 heavy (non-hydrogen) atoms. The lowest BCUT2D eigenvalue weighted by Crippen LogP contribution is -2.12. The lowest BCUT2D eigenvalue weighted by atomic mass is 10.1. The molecule has 0 spiro atoms. The van der Waals surface area contributed by atoms with Crippen LogP contribution in [0.4, 0.5) is 11.4 Å². The van der Waals surface area contributed by atoms with Crippen LogP contribution >= 0.6 is 0 Å². The van der Waals surface area contributed by atoms with Crippen LogP contribution in [-0.2, 0) is 10.0 Å². The van der Waals surface area contributed by atoms with Crippen molar-refractivity contribution in [2.45, 2.75) is 6.92 Å². The van der Waals surface area contributed by atoms with Gasteiger partial charge in [0.25, 0.3) is 5.69 Å². The predicted molar refractivity (Wildman–Crippen MR) is 62.9 cm³/mol. The van der Waals surface area contributed by atoms with Crippen LogP contribution in [0.2, 0.25) is 0 Å². The van der Waals surface area contributed by atoms with Gasteiger partial charge in [0.1, 0.15) is 5.75 Å². The Morgan fingerprint density at radius 2 is 2.00 bits per heavy atom. The highest BCUT2D eigenvalue weighted by Crippen LogP contribution is 2.33. The highest BCUT2D eigenvalue weighted by Gasteiger charge is 2.17. The van der Waals surface area contributed by atoms with Crippen molar-refractivity contribution in [1.82, 2.24) is 0 Å². The number of nitro benzene ring substituents is 1. The molecule has 0 saturated heterocycles. The number of non-ortho nitro benzene ring substituents is 1. The van der Waals surface area contributed by atoms with E-state index in [1.807, 2.05) is 0 Å². The summed E-state index contributed by atoms with van der Waals surface area (Å²) in [5.41, 5.74) is 0.473. The predicted octanol–water partition coefficient (Wildman–Crippen LogP) is 1.28. The third kappa shape index (κ3) is 3.31. The molecule has 1 rings (SSSR count). The van der Waals surface area contributed by atoms with Gasteiger partial charge < -0.3 is 4.74 Å². The molecule has 0 unspecified atom stereocenters. The lowest BCUT2D eigenvalue weighted by Gasteiger charge is -2.12. The Morgan fingerprint density at radius 3 is 2.41 bits per heavy atom. The molecule has 94 valence electrons. The summed E-state index contributed by atoms with van der Waals surface area (Å²) in [7, 11) is -2.15. The first-order valence-corrected chi connectivity index (χ1v) is 6.44. The molecule has 7 nitrogen and oxygen atoms in total. The molecule has 0 atom stereocenters. The number of aryl methyl sites for hydroxylation is 1. The maximum atomic E-state index is 11.1. The van der Waals surface area contributed by atoms with Gasteiger partial charge in [0.2, 0.25) is 10.0 Å². The van der Waals surface area contributed by atoms with Gasteiger partial charge in [0.05, 0.1) is 30.0 Å². The van der Waals surface area contributed by atoms with E-state index >= 15 is 0 Å². The maximum absolute atomic E-state index is 11.1. The topological polar surface area (TPSA) is 98.5 Å². The fraction of sp³-hybridized carbons (Fsp3) is 0.333. The number of hydrogen-bond donors (Lipinski definition) is 1. The lowest BCUT2D eigenvalue weighted by molar-refractivity contribution is -0.385. The van der Waals surface area contributed by atoms with Crippen molar-refractivity contribution < 1.29 is 18.1 Å². The quantitative estimate of drug-likeness (QED) is 0.649. The number of rotatable bonds is 4. The van der Waals surface area contributed by atoms with Crippen molar-refractivity contribution in [1.29, 1.82) is 0 Å². The van der Waals surface area contributed by atoms with Gasteiger partial charge in [-0.2, -0.15) is 0 Å². The average molecular weight is 260 g/mol. The minimum absolute atomic E-state index is 0.113. The summed E-state index contributed by atoms with van der Waals surface area (Å²) in [6.07, 6.45) is 0.993. The Hall–Kier alpha value is -1.83. The van der Waals surface area contributed by atoms with Gasteiger partial charge in [-0.05, 0) is 12.5 Å². The number of nitro groups is 1. The zero-order valence-electron chi connectivity index (χ0n) is 9.55. The molecule has 0 aliphatic heterocycles. The minimum atomic E-state index is -3.47. The molecule has 0 heterocycles. The van der Waals surface area contributed by atoms with E-state index in [4.69, 9.17) is 4.74 Å². The van der Waals surface area contributed by atoms with E-state index in [1.165, 1.54) is 19.2 Å². The number of sulfonamides is 1. The summed E-state index contributed by atoms with van der Waals surface area (Å²) >= 11 is 0.